The van der Waals surface area contributed by atoms with Crippen molar-refractivity contribution in [1.82, 2.24) is 5.32 Å². The van der Waals surface area contributed by atoms with Crippen molar-refractivity contribution in [2.75, 3.05) is 26.8 Å². The maximum atomic E-state index is 5.35. The van der Waals surface area contributed by atoms with Crippen LogP contribution in [0, 0.1) is 5.92 Å². The van der Waals surface area contributed by atoms with Crippen LogP contribution in [0.5, 0.6) is 0 Å². The van der Waals surface area contributed by atoms with E-state index in [0.29, 0.717) is 0 Å². The molecular formula is C8H17NO. The van der Waals surface area contributed by atoms with E-state index in [4.69, 9.17) is 4.74 Å². The van der Waals surface area contributed by atoms with Crippen LogP contribution in [-0.4, -0.2) is 26.8 Å². The van der Waals surface area contributed by atoms with Gasteiger partial charge in [0.2, 0.25) is 0 Å². The zero-order chi connectivity index (χ0) is 7.23. The molecule has 0 aromatic rings. The van der Waals surface area contributed by atoms with Crippen LogP contribution in [0.3, 0.4) is 0 Å². The van der Waals surface area contributed by atoms with Crippen molar-refractivity contribution in [2.24, 2.45) is 5.92 Å². The van der Waals surface area contributed by atoms with Crippen molar-refractivity contribution in [1.29, 1.82) is 0 Å². The highest BCUT2D eigenvalue weighted by atomic mass is 16.5. The summed E-state index contributed by atoms with van der Waals surface area (Å²) < 4.78 is 5.35. The van der Waals surface area contributed by atoms with Gasteiger partial charge in [0, 0.05) is 13.2 Å². The van der Waals surface area contributed by atoms with E-state index in [-0.39, 0.29) is 0 Å². The molecule has 0 amide bonds. The first-order chi connectivity index (χ1) is 4.93. The van der Waals surface area contributed by atoms with Crippen molar-refractivity contribution in [3.8, 4) is 0 Å². The number of ether oxygens (including phenoxy) is 1. The number of nitrogens with one attached hydrogen (secondary N) is 1. The van der Waals surface area contributed by atoms with Gasteiger partial charge in [-0.25, -0.2) is 0 Å². The smallest absolute Gasteiger partial charge is 0.0494 e. The van der Waals surface area contributed by atoms with Crippen LogP contribution < -0.4 is 5.32 Å². The van der Waals surface area contributed by atoms with Crippen LogP contribution in [0.1, 0.15) is 19.3 Å². The van der Waals surface area contributed by atoms with E-state index in [1.165, 1.54) is 19.3 Å². The van der Waals surface area contributed by atoms with Gasteiger partial charge in [-0.15, -0.1) is 0 Å². The van der Waals surface area contributed by atoms with Crippen LogP contribution in [0.15, 0.2) is 0 Å². The maximum Gasteiger partial charge on any atom is 0.0494 e. The van der Waals surface area contributed by atoms with Crippen LogP contribution in [0.25, 0.3) is 0 Å². The molecular weight excluding hydrogens is 126 g/mol. The molecule has 1 saturated heterocycles. The highest BCUT2D eigenvalue weighted by molar-refractivity contribution is 4.63. The van der Waals surface area contributed by atoms with Gasteiger partial charge in [0.15, 0.2) is 0 Å². The number of hydrogen-bond donors (Lipinski definition) is 1. The fourth-order valence-electron chi connectivity index (χ4n) is 1.38. The third kappa shape index (κ3) is 2.67. The minimum absolute atomic E-state index is 0.821. The molecule has 2 heteroatoms. The molecule has 0 radical (unpaired) electrons. The average Bonchev–Trinajstić information content (AvgIpc) is 2.03. The Kier molecular flexibility index (Phi) is 3.76. The van der Waals surface area contributed by atoms with E-state index in [1.54, 1.807) is 0 Å². The topological polar surface area (TPSA) is 21.3 Å². The highest BCUT2D eigenvalue weighted by Gasteiger charge is 2.12. The molecule has 1 fully saturated rings. The molecule has 0 bridgehead atoms. The summed E-state index contributed by atoms with van der Waals surface area (Å²) in [7, 11) is 2.00. The Hall–Kier alpha value is -0.0800. The molecule has 10 heavy (non-hydrogen) atoms. The van der Waals surface area contributed by atoms with E-state index >= 15 is 0 Å². The lowest BCUT2D eigenvalue weighted by atomic mass is 9.99. The summed E-state index contributed by atoms with van der Waals surface area (Å²) in [4.78, 5) is 0. The third-order valence-corrected chi connectivity index (χ3v) is 2.06. The standard InChI is InChI=1S/C8H17NO/c1-9-5-4-8-3-2-6-10-7-8/h8-9H,2-7H2,1H3/t8-/m1/s1. The van der Waals surface area contributed by atoms with E-state index < -0.39 is 0 Å². The SMILES string of the molecule is CNCC[C@H]1CCCOC1. The molecule has 0 unspecified atom stereocenters. The molecule has 1 rings (SSSR count). The molecule has 0 aromatic heterocycles. The van der Waals surface area contributed by atoms with Gasteiger partial charge in [-0.05, 0) is 38.8 Å². The van der Waals surface area contributed by atoms with Gasteiger partial charge in [-0.2, -0.15) is 0 Å². The van der Waals surface area contributed by atoms with Crippen molar-refractivity contribution in [3.63, 3.8) is 0 Å². The van der Waals surface area contributed by atoms with Gasteiger partial charge in [0.1, 0.15) is 0 Å². The van der Waals surface area contributed by atoms with Gasteiger partial charge < -0.3 is 10.1 Å². The second-order valence-corrected chi connectivity index (χ2v) is 2.98. The lowest BCUT2D eigenvalue weighted by Gasteiger charge is -2.21. The number of hydrogen-bond acceptors (Lipinski definition) is 2. The summed E-state index contributed by atoms with van der Waals surface area (Å²) in [6.45, 7) is 3.10. The predicted molar refractivity (Wildman–Crippen MR) is 42.1 cm³/mol. The van der Waals surface area contributed by atoms with Gasteiger partial charge in [0.05, 0.1) is 0 Å². The highest BCUT2D eigenvalue weighted by Crippen LogP contribution is 2.15. The van der Waals surface area contributed by atoms with Gasteiger partial charge in [0.25, 0.3) is 0 Å². The van der Waals surface area contributed by atoms with E-state index in [0.717, 1.165) is 25.7 Å². The fourth-order valence-corrected chi connectivity index (χ4v) is 1.38. The summed E-state index contributed by atoms with van der Waals surface area (Å²) in [5.41, 5.74) is 0. The zero-order valence-electron chi connectivity index (χ0n) is 6.73. The monoisotopic (exact) mass is 143 g/mol. The zero-order valence-corrected chi connectivity index (χ0v) is 6.73. The summed E-state index contributed by atoms with van der Waals surface area (Å²) in [6.07, 6.45) is 3.90. The molecule has 1 aliphatic rings. The Bertz CT molecular complexity index is 79.3. The molecule has 0 aliphatic carbocycles. The van der Waals surface area contributed by atoms with Crippen LogP contribution in [0.4, 0.5) is 0 Å². The molecule has 1 aliphatic heterocycles. The second-order valence-electron chi connectivity index (χ2n) is 2.98. The largest absolute Gasteiger partial charge is 0.381 e. The molecule has 0 saturated carbocycles. The quantitative estimate of drug-likeness (QED) is 0.637. The molecule has 1 heterocycles. The van der Waals surface area contributed by atoms with Crippen molar-refractivity contribution < 1.29 is 4.74 Å². The summed E-state index contributed by atoms with van der Waals surface area (Å²) in [5, 5.41) is 3.16. The second kappa shape index (κ2) is 4.69. The predicted octanol–water partition coefficient (Wildman–Crippen LogP) is 1.02. The minimum Gasteiger partial charge on any atom is -0.381 e. The minimum atomic E-state index is 0.821. The van der Waals surface area contributed by atoms with Crippen LogP contribution in [-0.2, 0) is 4.74 Å². The first kappa shape index (κ1) is 8.02. The Labute approximate surface area is 63.0 Å². The van der Waals surface area contributed by atoms with Crippen molar-refractivity contribution in [3.05, 3.63) is 0 Å². The molecule has 2 nitrogen and oxygen atoms in total. The Balaban J connectivity index is 2.02. The van der Waals surface area contributed by atoms with Crippen LogP contribution >= 0.6 is 0 Å². The van der Waals surface area contributed by atoms with Gasteiger partial charge >= 0.3 is 0 Å². The summed E-state index contributed by atoms with van der Waals surface area (Å²) >= 11 is 0. The first-order valence-electron chi connectivity index (χ1n) is 4.16. The Morgan fingerprint density at radius 1 is 1.60 bits per heavy atom. The van der Waals surface area contributed by atoms with Crippen molar-refractivity contribution in [2.45, 2.75) is 19.3 Å². The number of rotatable bonds is 3. The molecule has 60 valence electrons. The van der Waals surface area contributed by atoms with Gasteiger partial charge in [-0.1, -0.05) is 0 Å². The van der Waals surface area contributed by atoms with Gasteiger partial charge in [-0.3, -0.25) is 0 Å². The molecule has 0 aromatic carbocycles. The fraction of sp³-hybridized carbons (Fsp3) is 1.00. The normalized spacial score (nSPS) is 26.7. The van der Waals surface area contributed by atoms with E-state index in [9.17, 15) is 0 Å². The lowest BCUT2D eigenvalue weighted by Crippen LogP contribution is -2.21. The Morgan fingerprint density at radius 3 is 3.10 bits per heavy atom. The lowest BCUT2D eigenvalue weighted by molar-refractivity contribution is 0.0520. The van der Waals surface area contributed by atoms with E-state index in [1.807, 2.05) is 7.05 Å². The Morgan fingerprint density at radius 2 is 2.50 bits per heavy atom. The average molecular weight is 143 g/mol. The van der Waals surface area contributed by atoms with Crippen molar-refractivity contribution >= 4 is 0 Å². The third-order valence-electron chi connectivity index (χ3n) is 2.06. The molecule has 1 N–H and O–H groups in total. The van der Waals surface area contributed by atoms with E-state index in [2.05, 4.69) is 5.32 Å². The summed E-state index contributed by atoms with van der Waals surface area (Å²) in [5.74, 6) is 0.821. The molecule has 0 spiro atoms. The molecule has 1 atom stereocenters. The van der Waals surface area contributed by atoms with Crippen LogP contribution in [0.2, 0.25) is 0 Å². The maximum absolute atomic E-state index is 5.35. The first-order valence-corrected chi connectivity index (χ1v) is 4.16. The summed E-state index contributed by atoms with van der Waals surface area (Å²) in [6, 6.07) is 0.